The molecule has 2 N–H and O–H groups in total. The van der Waals surface area contributed by atoms with Gasteiger partial charge < -0.3 is 15.4 Å². The number of hydrogen-bond donors (Lipinski definition) is 2. The van der Waals surface area contributed by atoms with E-state index in [0.717, 1.165) is 42.1 Å². The maximum atomic E-state index is 12.9. The molecule has 0 unspecified atom stereocenters. The fourth-order valence-corrected chi connectivity index (χ4v) is 4.48. The molecule has 0 aliphatic heterocycles. The highest BCUT2D eigenvalue weighted by Gasteiger charge is 2.45. The number of carbonyl (C=O) groups is 2. The number of ether oxygens (including phenoxy) is 1. The maximum Gasteiger partial charge on any atom is 0.255 e. The predicted molar refractivity (Wildman–Crippen MR) is 140 cm³/mol. The number of fused-ring (bicyclic) bond motifs is 1. The molecule has 8 nitrogen and oxygen atoms in total. The molecular formula is C29H25N5O3. The van der Waals surface area contributed by atoms with Crippen LogP contribution in [0.4, 0.5) is 11.5 Å². The van der Waals surface area contributed by atoms with Gasteiger partial charge in [-0.1, -0.05) is 18.2 Å². The summed E-state index contributed by atoms with van der Waals surface area (Å²) < 4.78 is 7.79. The highest BCUT2D eigenvalue weighted by Crippen LogP contribution is 2.47. The Morgan fingerprint density at radius 2 is 1.81 bits per heavy atom. The highest BCUT2D eigenvalue weighted by atomic mass is 16.5. The lowest BCUT2D eigenvalue weighted by atomic mass is 9.96. The van der Waals surface area contributed by atoms with Gasteiger partial charge in [-0.25, -0.2) is 0 Å². The van der Waals surface area contributed by atoms with Crippen molar-refractivity contribution in [3.63, 3.8) is 0 Å². The van der Waals surface area contributed by atoms with Gasteiger partial charge in [0.05, 0.1) is 17.0 Å². The van der Waals surface area contributed by atoms with E-state index in [-0.39, 0.29) is 17.7 Å². The molecule has 2 amide bonds. The van der Waals surface area contributed by atoms with Crippen molar-refractivity contribution < 1.29 is 14.3 Å². The zero-order valence-corrected chi connectivity index (χ0v) is 20.3. The fraction of sp³-hybridized carbons (Fsp3) is 0.241. The Labute approximate surface area is 213 Å². The monoisotopic (exact) mass is 491 g/mol. The smallest absolute Gasteiger partial charge is 0.255 e. The largest absolute Gasteiger partial charge is 0.457 e. The Bertz CT molecular complexity index is 1590. The van der Waals surface area contributed by atoms with E-state index < -0.39 is 5.41 Å². The van der Waals surface area contributed by atoms with E-state index in [4.69, 9.17) is 4.74 Å². The van der Waals surface area contributed by atoms with Crippen LogP contribution in [0.25, 0.3) is 10.9 Å². The van der Waals surface area contributed by atoms with Gasteiger partial charge in [0.25, 0.3) is 5.91 Å². The van der Waals surface area contributed by atoms with E-state index in [9.17, 15) is 14.9 Å². The Morgan fingerprint density at radius 3 is 2.57 bits per heavy atom. The Balaban J connectivity index is 1.17. The van der Waals surface area contributed by atoms with Crippen LogP contribution in [0.15, 0.2) is 66.7 Å². The molecule has 1 heterocycles. The van der Waals surface area contributed by atoms with Crippen LogP contribution in [0.5, 0.6) is 11.5 Å². The van der Waals surface area contributed by atoms with E-state index in [1.54, 1.807) is 28.9 Å². The fourth-order valence-electron chi connectivity index (χ4n) is 4.48. The molecule has 0 radical (unpaired) electrons. The summed E-state index contributed by atoms with van der Waals surface area (Å²) in [7, 11) is 1.83. The summed E-state index contributed by atoms with van der Waals surface area (Å²) in [5.41, 5.74) is 2.39. The van der Waals surface area contributed by atoms with Gasteiger partial charge in [-0.3, -0.25) is 14.3 Å². The summed E-state index contributed by atoms with van der Waals surface area (Å²) in [4.78, 5) is 25.1. The van der Waals surface area contributed by atoms with E-state index in [0.29, 0.717) is 28.6 Å². The number of aryl methyl sites for hydroxylation is 1. The summed E-state index contributed by atoms with van der Waals surface area (Å²) in [5.74, 6) is 1.60. The Morgan fingerprint density at radius 1 is 1.03 bits per heavy atom. The zero-order valence-electron chi connectivity index (χ0n) is 20.3. The third-order valence-electron chi connectivity index (χ3n) is 6.98. The van der Waals surface area contributed by atoms with Gasteiger partial charge in [0.15, 0.2) is 5.82 Å². The number of nitriles is 1. The van der Waals surface area contributed by atoms with Gasteiger partial charge >= 0.3 is 0 Å². The number of nitrogens with one attached hydrogen (secondary N) is 2. The number of benzene rings is 3. The lowest BCUT2D eigenvalue weighted by molar-refractivity contribution is -0.117. The normalized spacial score (nSPS) is 15.6. The first-order valence-electron chi connectivity index (χ1n) is 12.3. The number of anilines is 2. The van der Waals surface area contributed by atoms with Crippen molar-refractivity contribution in [2.24, 2.45) is 13.0 Å². The first kappa shape index (κ1) is 22.8. The summed E-state index contributed by atoms with van der Waals surface area (Å²) in [5, 5.41) is 20.6. The maximum absolute atomic E-state index is 12.9. The second kappa shape index (κ2) is 8.79. The van der Waals surface area contributed by atoms with Crippen molar-refractivity contribution in [1.82, 2.24) is 9.78 Å². The second-order valence-corrected chi connectivity index (χ2v) is 9.77. The minimum Gasteiger partial charge on any atom is -0.457 e. The average Bonchev–Trinajstić information content (AvgIpc) is 3.83. The van der Waals surface area contributed by atoms with Crippen molar-refractivity contribution in [2.75, 3.05) is 10.6 Å². The SMILES string of the molecule is Cn1nc(NC(=O)C2CC2)c2ccc(Oc3cccc(NC(=O)c4cccc(C5(C#N)CC5)c4)c3)cc21. The molecule has 8 heteroatoms. The Hall–Kier alpha value is -4.64. The molecule has 0 bridgehead atoms. The van der Waals surface area contributed by atoms with E-state index in [2.05, 4.69) is 21.8 Å². The van der Waals surface area contributed by atoms with Crippen molar-refractivity contribution in [1.29, 1.82) is 5.26 Å². The van der Waals surface area contributed by atoms with Crippen LogP contribution < -0.4 is 15.4 Å². The Kier molecular flexibility index (Phi) is 5.41. The molecule has 0 saturated heterocycles. The molecule has 0 spiro atoms. The van der Waals surface area contributed by atoms with E-state index >= 15 is 0 Å². The van der Waals surface area contributed by atoms with Gasteiger partial charge in [-0.15, -0.1) is 0 Å². The molecule has 1 aromatic heterocycles. The number of aromatic nitrogens is 2. The summed E-state index contributed by atoms with van der Waals surface area (Å²) >= 11 is 0. The molecular weight excluding hydrogens is 466 g/mol. The zero-order chi connectivity index (χ0) is 25.6. The predicted octanol–water partition coefficient (Wildman–Crippen LogP) is 5.52. The first-order valence-corrected chi connectivity index (χ1v) is 12.3. The lowest BCUT2D eigenvalue weighted by Crippen LogP contribution is -2.14. The molecule has 6 rings (SSSR count). The number of rotatable bonds is 7. The molecule has 37 heavy (non-hydrogen) atoms. The molecule has 4 aromatic rings. The standard InChI is InChI=1S/C29H25N5O3/c1-34-25-16-23(10-11-24(25)26(33-34)32-27(35)18-8-9-18)37-22-7-3-6-21(15-22)31-28(36)19-4-2-5-20(14-19)29(17-30)12-13-29/h2-7,10-11,14-16,18H,8-9,12-13H2,1H3,(H,31,36)(H,32,33,35). The first-order chi connectivity index (χ1) is 17.9. The number of nitrogens with zero attached hydrogens (tertiary/aromatic N) is 3. The van der Waals surface area contributed by atoms with E-state index in [1.807, 2.05) is 49.5 Å². The lowest BCUT2D eigenvalue weighted by Gasteiger charge is -2.11. The van der Waals surface area contributed by atoms with Gasteiger partial charge in [-0.05, 0) is 67.6 Å². The van der Waals surface area contributed by atoms with Gasteiger partial charge in [0.2, 0.25) is 5.91 Å². The summed E-state index contributed by atoms with van der Waals surface area (Å²) in [6.07, 6.45) is 3.52. The third kappa shape index (κ3) is 4.52. The van der Waals surface area contributed by atoms with Crippen LogP contribution in [0.3, 0.4) is 0 Å². The molecule has 2 fully saturated rings. The molecule has 0 atom stereocenters. The van der Waals surface area contributed by atoms with Crippen LogP contribution in [0.2, 0.25) is 0 Å². The minimum absolute atomic E-state index is 0.0167. The average molecular weight is 492 g/mol. The van der Waals surface area contributed by atoms with Crippen LogP contribution in [-0.4, -0.2) is 21.6 Å². The van der Waals surface area contributed by atoms with Crippen LogP contribution in [0, 0.1) is 17.2 Å². The third-order valence-corrected chi connectivity index (χ3v) is 6.98. The van der Waals surface area contributed by atoms with Gasteiger partial charge in [0, 0.05) is 41.7 Å². The molecule has 2 aliphatic carbocycles. The molecule has 2 saturated carbocycles. The van der Waals surface area contributed by atoms with Crippen LogP contribution in [-0.2, 0) is 17.3 Å². The molecule has 2 aliphatic rings. The molecule has 184 valence electrons. The minimum atomic E-state index is -0.442. The number of amides is 2. The topological polar surface area (TPSA) is 109 Å². The van der Waals surface area contributed by atoms with Gasteiger partial charge in [0.1, 0.15) is 11.5 Å². The van der Waals surface area contributed by atoms with Crippen molar-refractivity contribution in [3.05, 3.63) is 77.9 Å². The highest BCUT2D eigenvalue weighted by molar-refractivity contribution is 6.04. The van der Waals surface area contributed by atoms with Crippen LogP contribution in [0.1, 0.15) is 41.6 Å². The summed E-state index contributed by atoms with van der Waals surface area (Å²) in [6.45, 7) is 0. The van der Waals surface area contributed by atoms with Crippen molar-refractivity contribution >= 4 is 34.2 Å². The quantitative estimate of drug-likeness (QED) is 0.354. The van der Waals surface area contributed by atoms with Crippen molar-refractivity contribution in [2.45, 2.75) is 31.1 Å². The van der Waals surface area contributed by atoms with E-state index in [1.165, 1.54) is 0 Å². The van der Waals surface area contributed by atoms with Crippen LogP contribution >= 0.6 is 0 Å². The molecule has 3 aromatic carbocycles. The number of carbonyl (C=O) groups excluding carboxylic acids is 2. The van der Waals surface area contributed by atoms with Gasteiger partial charge in [-0.2, -0.15) is 10.4 Å². The second-order valence-electron chi connectivity index (χ2n) is 9.77. The van der Waals surface area contributed by atoms with Crippen molar-refractivity contribution in [3.8, 4) is 17.6 Å². The number of hydrogen-bond acceptors (Lipinski definition) is 5. The summed E-state index contributed by atoms with van der Waals surface area (Å²) in [6, 6.07) is 22.4.